The molecular weight excluding hydrogens is 538 g/mol. The first-order valence-electron chi connectivity index (χ1n) is 11.8. The SMILES string of the molecule is CCC1(C)Cc2nc3nc(SCC(=O)c4ccc(Br)cc4)n(-c4ccccc4C)c(=O)c3cc2CO1. The Hall–Kier alpha value is -2.81. The Morgan fingerprint density at radius 1 is 1.17 bits per heavy atom. The maximum absolute atomic E-state index is 13.9. The minimum absolute atomic E-state index is 0.0348. The molecule has 1 aliphatic rings. The number of rotatable bonds is 6. The van der Waals surface area contributed by atoms with Crippen molar-refractivity contribution in [3.05, 3.63) is 91.8 Å². The third kappa shape index (κ3) is 4.77. The Morgan fingerprint density at radius 2 is 1.92 bits per heavy atom. The average Bonchev–Trinajstić information content (AvgIpc) is 2.87. The summed E-state index contributed by atoms with van der Waals surface area (Å²) in [5, 5.41) is 0.898. The molecule has 0 bridgehead atoms. The van der Waals surface area contributed by atoms with Crippen molar-refractivity contribution >= 4 is 44.5 Å². The molecule has 2 aromatic carbocycles. The van der Waals surface area contributed by atoms with Gasteiger partial charge in [-0.3, -0.25) is 14.2 Å². The molecule has 0 fully saturated rings. The lowest BCUT2D eigenvalue weighted by molar-refractivity contribution is -0.0573. The molecule has 0 saturated heterocycles. The van der Waals surface area contributed by atoms with Crippen LogP contribution >= 0.6 is 27.7 Å². The zero-order chi connectivity index (χ0) is 25.4. The van der Waals surface area contributed by atoms with Crippen LogP contribution in [0.4, 0.5) is 0 Å². The second kappa shape index (κ2) is 9.92. The van der Waals surface area contributed by atoms with E-state index in [2.05, 4.69) is 29.8 Å². The maximum atomic E-state index is 13.9. The first kappa shape index (κ1) is 24.9. The van der Waals surface area contributed by atoms with E-state index in [0.29, 0.717) is 34.8 Å². The van der Waals surface area contributed by atoms with Crippen LogP contribution in [0.1, 0.15) is 47.4 Å². The van der Waals surface area contributed by atoms with Crippen LogP contribution in [0.2, 0.25) is 0 Å². The van der Waals surface area contributed by atoms with Gasteiger partial charge in [-0.2, -0.15) is 0 Å². The number of pyridine rings is 1. The van der Waals surface area contributed by atoms with Crippen LogP contribution < -0.4 is 5.56 Å². The van der Waals surface area contributed by atoms with Gasteiger partial charge in [-0.05, 0) is 50.1 Å². The highest BCUT2D eigenvalue weighted by Crippen LogP contribution is 2.31. The van der Waals surface area contributed by atoms with Gasteiger partial charge in [0.25, 0.3) is 5.56 Å². The van der Waals surface area contributed by atoms with E-state index in [4.69, 9.17) is 14.7 Å². The molecule has 1 atom stereocenters. The Morgan fingerprint density at radius 3 is 2.64 bits per heavy atom. The van der Waals surface area contributed by atoms with Crippen LogP contribution in [0, 0.1) is 6.92 Å². The number of nitrogens with zero attached hydrogens (tertiary/aromatic N) is 3. The standard InChI is InChI=1S/C28H26BrN3O3S/c1-4-28(3)14-22-19(15-35-28)13-21-25(30-22)31-27(32(26(21)34)23-8-6-5-7-17(23)2)36-16-24(33)18-9-11-20(29)12-10-18/h5-13H,4,14-16H2,1-3H3. The molecule has 5 rings (SSSR count). The van der Waals surface area contributed by atoms with Crippen molar-refractivity contribution in [1.82, 2.24) is 14.5 Å². The van der Waals surface area contributed by atoms with E-state index in [1.54, 1.807) is 16.7 Å². The first-order chi connectivity index (χ1) is 17.3. The number of thioether (sulfide) groups is 1. The van der Waals surface area contributed by atoms with E-state index in [0.717, 1.165) is 33.4 Å². The number of halogens is 1. The fraction of sp³-hybridized carbons (Fsp3) is 0.286. The van der Waals surface area contributed by atoms with E-state index >= 15 is 0 Å². The van der Waals surface area contributed by atoms with Gasteiger partial charge >= 0.3 is 0 Å². The highest BCUT2D eigenvalue weighted by atomic mass is 79.9. The highest BCUT2D eigenvalue weighted by molar-refractivity contribution is 9.10. The summed E-state index contributed by atoms with van der Waals surface area (Å²) >= 11 is 4.66. The van der Waals surface area contributed by atoms with E-state index in [9.17, 15) is 9.59 Å². The summed E-state index contributed by atoms with van der Waals surface area (Å²) in [5.74, 6) is 0.116. The molecule has 0 amide bonds. The van der Waals surface area contributed by atoms with E-state index in [-0.39, 0.29) is 22.7 Å². The minimum Gasteiger partial charge on any atom is -0.370 e. The number of ketones is 1. The Labute approximate surface area is 222 Å². The van der Waals surface area contributed by atoms with Gasteiger partial charge in [0, 0.05) is 22.0 Å². The lowest BCUT2D eigenvalue weighted by Gasteiger charge is -2.33. The molecule has 6 nitrogen and oxygen atoms in total. The second-order valence-electron chi connectivity index (χ2n) is 9.27. The summed E-state index contributed by atoms with van der Waals surface area (Å²) in [6, 6.07) is 16.8. The fourth-order valence-electron chi connectivity index (χ4n) is 4.31. The van der Waals surface area contributed by atoms with E-state index < -0.39 is 0 Å². The monoisotopic (exact) mass is 563 g/mol. The molecule has 36 heavy (non-hydrogen) atoms. The van der Waals surface area contributed by atoms with Gasteiger partial charge in [-0.15, -0.1) is 0 Å². The molecule has 0 radical (unpaired) electrons. The molecule has 2 aromatic heterocycles. The number of fused-ring (bicyclic) bond motifs is 2. The number of aromatic nitrogens is 3. The second-order valence-corrected chi connectivity index (χ2v) is 11.1. The number of carbonyl (C=O) groups is 1. The van der Waals surface area contributed by atoms with Crippen molar-refractivity contribution in [2.45, 2.75) is 51.0 Å². The number of benzene rings is 2. The Balaban J connectivity index is 1.61. The molecule has 0 saturated carbocycles. The van der Waals surface area contributed by atoms with Crippen molar-refractivity contribution in [2.24, 2.45) is 0 Å². The number of carbonyl (C=O) groups excluding carboxylic acids is 1. The van der Waals surface area contributed by atoms with Gasteiger partial charge in [0.15, 0.2) is 16.6 Å². The zero-order valence-corrected chi connectivity index (χ0v) is 22.8. The van der Waals surface area contributed by atoms with E-state index in [1.165, 1.54) is 11.8 Å². The molecule has 0 aliphatic carbocycles. The Bertz CT molecular complexity index is 1530. The molecule has 0 N–H and O–H groups in total. The van der Waals surface area contributed by atoms with Crippen LogP contribution in [0.25, 0.3) is 16.7 Å². The topological polar surface area (TPSA) is 74.1 Å². The minimum atomic E-state index is -0.279. The van der Waals surface area contributed by atoms with Crippen LogP contribution in [0.15, 0.2) is 69.0 Å². The fourth-order valence-corrected chi connectivity index (χ4v) is 5.46. The third-order valence-corrected chi connectivity index (χ3v) is 8.18. The average molecular weight is 565 g/mol. The molecule has 3 heterocycles. The summed E-state index contributed by atoms with van der Waals surface area (Å²) < 4.78 is 8.60. The molecule has 4 aromatic rings. The van der Waals surface area contributed by atoms with Crippen molar-refractivity contribution in [2.75, 3.05) is 5.75 Å². The number of ether oxygens (including phenoxy) is 1. The summed E-state index contributed by atoms with van der Waals surface area (Å²) in [6.07, 6.45) is 1.54. The van der Waals surface area contributed by atoms with Gasteiger partial charge in [0.05, 0.1) is 34.7 Å². The normalized spacial score (nSPS) is 17.2. The van der Waals surface area contributed by atoms with Crippen LogP contribution in [-0.4, -0.2) is 31.7 Å². The summed E-state index contributed by atoms with van der Waals surface area (Å²) in [7, 11) is 0. The molecule has 8 heteroatoms. The predicted molar refractivity (Wildman–Crippen MR) is 146 cm³/mol. The van der Waals surface area contributed by atoms with Crippen LogP contribution in [-0.2, 0) is 17.8 Å². The van der Waals surface area contributed by atoms with Gasteiger partial charge < -0.3 is 4.74 Å². The lowest BCUT2D eigenvalue weighted by Crippen LogP contribution is -2.35. The van der Waals surface area contributed by atoms with E-state index in [1.807, 2.05) is 49.4 Å². The molecule has 1 unspecified atom stereocenters. The van der Waals surface area contributed by atoms with Crippen molar-refractivity contribution in [3.63, 3.8) is 0 Å². The summed E-state index contributed by atoms with van der Waals surface area (Å²) in [6.45, 7) is 6.56. The highest BCUT2D eigenvalue weighted by Gasteiger charge is 2.31. The quantitative estimate of drug-likeness (QED) is 0.161. The number of Topliss-reactive ketones (excluding diaryl/α,β-unsaturated/α-hetero) is 1. The lowest BCUT2D eigenvalue weighted by atomic mass is 9.91. The first-order valence-corrected chi connectivity index (χ1v) is 13.6. The van der Waals surface area contributed by atoms with Crippen LogP contribution in [0.3, 0.4) is 0 Å². The number of para-hydroxylation sites is 1. The van der Waals surface area contributed by atoms with Gasteiger partial charge in [0.2, 0.25) is 0 Å². The number of aryl methyl sites for hydroxylation is 1. The maximum Gasteiger partial charge on any atom is 0.268 e. The Kier molecular flexibility index (Phi) is 6.85. The number of hydrogen-bond donors (Lipinski definition) is 0. The summed E-state index contributed by atoms with van der Waals surface area (Å²) in [4.78, 5) is 36.4. The smallest absolute Gasteiger partial charge is 0.268 e. The molecule has 184 valence electrons. The molecule has 1 aliphatic heterocycles. The van der Waals surface area contributed by atoms with Crippen LogP contribution in [0.5, 0.6) is 0 Å². The van der Waals surface area contributed by atoms with Gasteiger partial charge in [-0.25, -0.2) is 9.97 Å². The number of hydrogen-bond acceptors (Lipinski definition) is 6. The summed E-state index contributed by atoms with van der Waals surface area (Å²) in [5.41, 5.74) is 4.06. The van der Waals surface area contributed by atoms with Crippen molar-refractivity contribution < 1.29 is 9.53 Å². The molecular formula is C28H26BrN3O3S. The largest absolute Gasteiger partial charge is 0.370 e. The van der Waals surface area contributed by atoms with Gasteiger partial charge in [-0.1, -0.05) is 64.9 Å². The van der Waals surface area contributed by atoms with Crippen molar-refractivity contribution in [3.8, 4) is 5.69 Å². The zero-order valence-electron chi connectivity index (χ0n) is 20.4. The van der Waals surface area contributed by atoms with Crippen molar-refractivity contribution in [1.29, 1.82) is 0 Å². The molecule has 0 spiro atoms. The van der Waals surface area contributed by atoms with Gasteiger partial charge in [0.1, 0.15) is 0 Å². The third-order valence-electron chi connectivity index (χ3n) is 6.72. The predicted octanol–water partition coefficient (Wildman–Crippen LogP) is 6.07.